The molecule has 0 aliphatic rings. The highest BCUT2D eigenvalue weighted by Gasteiger charge is 2.17. The molecule has 0 amide bonds. The van der Waals surface area contributed by atoms with Crippen LogP contribution in [0.3, 0.4) is 0 Å². The molecule has 0 spiro atoms. The van der Waals surface area contributed by atoms with Crippen molar-refractivity contribution in [3.63, 3.8) is 0 Å². The monoisotopic (exact) mass is 313 g/mol. The lowest BCUT2D eigenvalue weighted by Crippen LogP contribution is -2.19. The van der Waals surface area contributed by atoms with Crippen molar-refractivity contribution in [2.45, 2.75) is 6.92 Å². The van der Waals surface area contributed by atoms with Gasteiger partial charge in [0.15, 0.2) is 0 Å². The lowest BCUT2D eigenvalue weighted by atomic mass is 10.2. The molecule has 0 unspecified atom stereocenters. The Hall–Kier alpha value is -2.40. The first-order chi connectivity index (χ1) is 10.6. The Labute approximate surface area is 131 Å². The van der Waals surface area contributed by atoms with Crippen LogP contribution in [0.2, 0.25) is 0 Å². The second kappa shape index (κ2) is 5.77. The number of hydrogen-bond acceptors (Lipinski definition) is 4. The summed E-state index contributed by atoms with van der Waals surface area (Å²) in [5.41, 5.74) is 1.69. The number of thiophene rings is 1. The number of aryl methyl sites for hydroxylation is 1. The summed E-state index contributed by atoms with van der Waals surface area (Å²) in [6, 6.07) is 11.9. The lowest BCUT2D eigenvalue weighted by molar-refractivity contribution is 0.0524. The first-order valence-corrected chi connectivity index (χ1v) is 7.79. The minimum Gasteiger partial charge on any atom is -0.462 e. The van der Waals surface area contributed by atoms with Crippen molar-refractivity contribution in [3.8, 4) is 10.4 Å². The van der Waals surface area contributed by atoms with Gasteiger partial charge in [0, 0.05) is 18.1 Å². The molecule has 3 rings (SSSR count). The number of benzene rings is 1. The Balaban J connectivity index is 2.20. The van der Waals surface area contributed by atoms with Crippen LogP contribution >= 0.6 is 11.3 Å². The van der Waals surface area contributed by atoms with Crippen LogP contribution in [0.25, 0.3) is 20.7 Å². The number of rotatable bonds is 3. The molecule has 0 saturated carbocycles. The van der Waals surface area contributed by atoms with E-state index in [1.54, 1.807) is 17.7 Å². The Morgan fingerprint density at radius 1 is 1.27 bits per heavy atom. The molecular weight excluding hydrogens is 298 g/mol. The lowest BCUT2D eigenvalue weighted by Gasteiger charge is -2.05. The maximum atomic E-state index is 12.5. The van der Waals surface area contributed by atoms with Crippen molar-refractivity contribution < 1.29 is 9.53 Å². The normalized spacial score (nSPS) is 10.8. The van der Waals surface area contributed by atoms with E-state index in [2.05, 4.69) is 0 Å². The van der Waals surface area contributed by atoms with Crippen molar-refractivity contribution in [2.75, 3.05) is 6.61 Å². The molecule has 2 aromatic heterocycles. The van der Waals surface area contributed by atoms with Gasteiger partial charge in [0.05, 0.1) is 16.8 Å². The van der Waals surface area contributed by atoms with Gasteiger partial charge < -0.3 is 9.30 Å². The highest BCUT2D eigenvalue weighted by atomic mass is 32.1. The molecule has 112 valence electrons. The third kappa shape index (κ3) is 2.44. The molecule has 0 radical (unpaired) electrons. The Morgan fingerprint density at radius 2 is 2.00 bits per heavy atom. The Bertz CT molecular complexity index is 893. The van der Waals surface area contributed by atoms with Crippen LogP contribution in [0.1, 0.15) is 17.3 Å². The predicted molar refractivity (Wildman–Crippen MR) is 88.5 cm³/mol. The van der Waals surface area contributed by atoms with E-state index < -0.39 is 5.97 Å². The highest BCUT2D eigenvalue weighted by molar-refractivity contribution is 7.22. The van der Waals surface area contributed by atoms with Crippen LogP contribution in [0.15, 0.2) is 47.4 Å². The molecule has 0 saturated heterocycles. The minimum atomic E-state index is -0.570. The first-order valence-electron chi connectivity index (χ1n) is 6.97. The summed E-state index contributed by atoms with van der Waals surface area (Å²) >= 11 is 1.40. The van der Waals surface area contributed by atoms with Gasteiger partial charge in [0.25, 0.3) is 0 Å². The van der Waals surface area contributed by atoms with Crippen molar-refractivity contribution in [1.29, 1.82) is 0 Å². The number of carbonyl (C=O) groups excluding carboxylic acids is 1. The summed E-state index contributed by atoms with van der Waals surface area (Å²) in [6.07, 6.45) is 1.55. The number of ether oxygens (including phenoxy) is 1. The van der Waals surface area contributed by atoms with Gasteiger partial charge in [-0.25, -0.2) is 4.79 Å². The average molecular weight is 313 g/mol. The molecular formula is C17H15NO3S. The minimum absolute atomic E-state index is 0.0818. The zero-order chi connectivity index (χ0) is 15.7. The van der Waals surface area contributed by atoms with Crippen LogP contribution in [0.5, 0.6) is 0 Å². The maximum absolute atomic E-state index is 12.5. The van der Waals surface area contributed by atoms with Crippen LogP contribution in [0.4, 0.5) is 0 Å². The fourth-order valence-electron chi connectivity index (χ4n) is 2.35. The number of nitrogens with zero attached hydrogens (tertiary/aromatic N) is 1. The summed E-state index contributed by atoms with van der Waals surface area (Å²) in [7, 11) is 1.83. The zero-order valence-corrected chi connectivity index (χ0v) is 13.1. The van der Waals surface area contributed by atoms with Crippen LogP contribution in [-0.4, -0.2) is 17.1 Å². The molecule has 2 heterocycles. The smallest absolute Gasteiger partial charge is 0.343 e. The van der Waals surface area contributed by atoms with Crippen LogP contribution in [0, 0.1) is 0 Å². The van der Waals surface area contributed by atoms with Crippen molar-refractivity contribution in [1.82, 2.24) is 4.57 Å². The standard InChI is InChI=1S/C17H15NO3S/c1-3-21-17(20)12-10-18(2)13-9-14(22-16(13)15(12)19)11-7-5-4-6-8-11/h4-10H,3H2,1-2H3. The number of aromatic nitrogens is 1. The molecule has 0 bridgehead atoms. The molecule has 3 aromatic rings. The topological polar surface area (TPSA) is 48.3 Å². The number of hydrogen-bond donors (Lipinski definition) is 0. The van der Waals surface area contributed by atoms with E-state index in [1.165, 1.54) is 11.3 Å². The number of esters is 1. The zero-order valence-electron chi connectivity index (χ0n) is 12.3. The van der Waals surface area contributed by atoms with Gasteiger partial charge in [0.1, 0.15) is 5.56 Å². The summed E-state index contributed by atoms with van der Waals surface area (Å²) in [4.78, 5) is 25.4. The van der Waals surface area contributed by atoms with E-state index in [0.717, 1.165) is 16.0 Å². The van der Waals surface area contributed by atoms with Crippen LogP contribution < -0.4 is 5.43 Å². The summed E-state index contributed by atoms with van der Waals surface area (Å²) in [6.45, 7) is 1.97. The van der Waals surface area contributed by atoms with Gasteiger partial charge in [-0.1, -0.05) is 30.3 Å². The van der Waals surface area contributed by atoms with Gasteiger partial charge in [-0.3, -0.25) is 4.79 Å². The van der Waals surface area contributed by atoms with Crippen molar-refractivity contribution in [2.24, 2.45) is 7.05 Å². The largest absolute Gasteiger partial charge is 0.462 e. The highest BCUT2D eigenvalue weighted by Crippen LogP contribution is 2.31. The molecule has 0 aliphatic heterocycles. The molecule has 0 fully saturated rings. The third-order valence-electron chi connectivity index (χ3n) is 3.42. The van der Waals surface area contributed by atoms with E-state index in [9.17, 15) is 9.59 Å². The SMILES string of the molecule is CCOC(=O)c1cn(C)c2cc(-c3ccccc3)sc2c1=O. The van der Waals surface area contributed by atoms with E-state index in [1.807, 2.05) is 43.4 Å². The number of pyridine rings is 1. The number of fused-ring (bicyclic) bond motifs is 1. The van der Waals surface area contributed by atoms with Gasteiger partial charge in [-0.15, -0.1) is 11.3 Å². The fourth-order valence-corrected chi connectivity index (χ4v) is 3.50. The van der Waals surface area contributed by atoms with Gasteiger partial charge in [-0.2, -0.15) is 0 Å². The Morgan fingerprint density at radius 3 is 2.68 bits per heavy atom. The van der Waals surface area contributed by atoms with E-state index >= 15 is 0 Å². The van der Waals surface area contributed by atoms with Crippen molar-refractivity contribution >= 4 is 27.5 Å². The Kier molecular flexibility index (Phi) is 3.81. The van der Waals surface area contributed by atoms with E-state index in [-0.39, 0.29) is 17.6 Å². The fraction of sp³-hybridized carbons (Fsp3) is 0.176. The summed E-state index contributed by atoms with van der Waals surface area (Å²) in [5, 5.41) is 0. The van der Waals surface area contributed by atoms with Gasteiger partial charge >= 0.3 is 5.97 Å². The first kappa shape index (κ1) is 14.5. The van der Waals surface area contributed by atoms with Gasteiger partial charge in [-0.05, 0) is 18.6 Å². The van der Waals surface area contributed by atoms with E-state index in [0.29, 0.717) is 4.70 Å². The molecule has 0 aliphatic carbocycles. The average Bonchev–Trinajstić information content (AvgIpc) is 2.98. The maximum Gasteiger partial charge on any atom is 0.343 e. The quantitative estimate of drug-likeness (QED) is 0.696. The molecule has 22 heavy (non-hydrogen) atoms. The predicted octanol–water partition coefficient (Wildman–Crippen LogP) is 3.44. The van der Waals surface area contributed by atoms with E-state index in [4.69, 9.17) is 4.74 Å². The second-order valence-electron chi connectivity index (χ2n) is 4.89. The second-order valence-corrected chi connectivity index (χ2v) is 5.95. The summed E-state index contributed by atoms with van der Waals surface area (Å²) < 4.78 is 7.33. The van der Waals surface area contributed by atoms with Crippen LogP contribution in [-0.2, 0) is 11.8 Å². The molecule has 0 N–H and O–H groups in total. The van der Waals surface area contributed by atoms with Gasteiger partial charge in [0.2, 0.25) is 5.43 Å². The summed E-state index contributed by atoms with van der Waals surface area (Å²) in [5.74, 6) is -0.570. The molecule has 4 nitrogen and oxygen atoms in total. The number of carbonyl (C=O) groups is 1. The van der Waals surface area contributed by atoms with Crippen molar-refractivity contribution in [3.05, 3.63) is 58.4 Å². The molecule has 0 atom stereocenters. The third-order valence-corrected chi connectivity index (χ3v) is 4.59. The molecule has 1 aromatic carbocycles. The molecule has 5 heteroatoms.